The number of ether oxygens (including phenoxy) is 5. The SMILES string of the molecule is CC.CC.COC(=O)c1cc(OCCCCOc2c3ccccc3cc3ccccc23)cc(OCCCCOc2c3ccccc3cc3ccccc23)c1. The van der Waals surface area contributed by atoms with Gasteiger partial charge in [-0.3, -0.25) is 0 Å². The zero-order valence-corrected chi connectivity index (χ0v) is 32.2. The van der Waals surface area contributed by atoms with Crippen molar-refractivity contribution in [2.45, 2.75) is 53.4 Å². The maximum absolute atomic E-state index is 12.4. The number of rotatable bonds is 15. The van der Waals surface area contributed by atoms with Crippen LogP contribution in [0.4, 0.5) is 0 Å². The molecule has 0 spiro atoms. The van der Waals surface area contributed by atoms with Crippen LogP contribution >= 0.6 is 0 Å². The lowest BCUT2D eigenvalue weighted by molar-refractivity contribution is 0.0599. The molecular formula is C48H52O6. The molecule has 6 nitrogen and oxygen atoms in total. The summed E-state index contributed by atoms with van der Waals surface area (Å²) < 4.78 is 29.9. The predicted molar refractivity (Wildman–Crippen MR) is 224 cm³/mol. The topological polar surface area (TPSA) is 63.2 Å². The van der Waals surface area contributed by atoms with E-state index in [2.05, 4.69) is 84.9 Å². The molecule has 0 radical (unpaired) electrons. The Bertz CT molecular complexity index is 2000. The Kier molecular flexibility index (Phi) is 15.0. The number of carbonyl (C=O) groups is 1. The maximum atomic E-state index is 12.4. The Balaban J connectivity index is 0.00000136. The highest BCUT2D eigenvalue weighted by Crippen LogP contribution is 2.36. The minimum absolute atomic E-state index is 0.386. The molecule has 7 rings (SSSR count). The van der Waals surface area contributed by atoms with Crippen LogP contribution in [-0.2, 0) is 4.74 Å². The van der Waals surface area contributed by atoms with Crippen LogP contribution in [0.15, 0.2) is 127 Å². The molecule has 6 heteroatoms. The van der Waals surface area contributed by atoms with Crippen molar-refractivity contribution in [3.05, 3.63) is 133 Å². The summed E-state index contributed by atoms with van der Waals surface area (Å²) in [6.07, 6.45) is 3.20. The molecule has 0 aliphatic rings. The highest BCUT2D eigenvalue weighted by molar-refractivity contribution is 6.06. The number of unbranched alkanes of at least 4 members (excludes halogenated alkanes) is 2. The van der Waals surface area contributed by atoms with Crippen molar-refractivity contribution in [1.29, 1.82) is 0 Å². The van der Waals surface area contributed by atoms with Gasteiger partial charge in [-0.2, -0.15) is 0 Å². The molecule has 0 amide bonds. The van der Waals surface area contributed by atoms with E-state index in [1.54, 1.807) is 12.1 Å². The van der Waals surface area contributed by atoms with E-state index in [1.807, 2.05) is 58.0 Å². The third kappa shape index (κ3) is 9.81. The number of methoxy groups -OCH3 is 1. The van der Waals surface area contributed by atoms with Crippen LogP contribution in [-0.4, -0.2) is 39.5 Å². The summed E-state index contributed by atoms with van der Waals surface area (Å²) in [7, 11) is 1.37. The largest absolute Gasteiger partial charge is 0.493 e. The fourth-order valence-electron chi connectivity index (χ4n) is 6.37. The molecule has 0 saturated heterocycles. The number of benzene rings is 7. The van der Waals surface area contributed by atoms with Crippen molar-refractivity contribution in [1.82, 2.24) is 0 Å². The molecule has 0 bridgehead atoms. The molecule has 0 aromatic heterocycles. The molecule has 0 atom stereocenters. The highest BCUT2D eigenvalue weighted by atomic mass is 16.5. The van der Waals surface area contributed by atoms with Gasteiger partial charge >= 0.3 is 5.97 Å². The minimum atomic E-state index is -0.438. The molecule has 0 fully saturated rings. The van der Waals surface area contributed by atoms with Crippen LogP contribution in [0.5, 0.6) is 23.0 Å². The first kappa shape index (κ1) is 39.5. The van der Waals surface area contributed by atoms with Crippen molar-refractivity contribution < 1.29 is 28.5 Å². The maximum Gasteiger partial charge on any atom is 0.338 e. The van der Waals surface area contributed by atoms with E-state index < -0.39 is 5.97 Å². The zero-order chi connectivity index (χ0) is 38.1. The fraction of sp³-hybridized carbons (Fsp3) is 0.271. The Morgan fingerprint density at radius 1 is 0.426 bits per heavy atom. The smallest absolute Gasteiger partial charge is 0.338 e. The van der Waals surface area contributed by atoms with Crippen LogP contribution in [0.2, 0.25) is 0 Å². The first-order valence-corrected chi connectivity index (χ1v) is 19.2. The molecule has 0 aliphatic heterocycles. The van der Waals surface area contributed by atoms with E-state index in [1.165, 1.54) is 7.11 Å². The number of hydrogen-bond donors (Lipinski definition) is 0. The van der Waals surface area contributed by atoms with Gasteiger partial charge < -0.3 is 23.7 Å². The lowest BCUT2D eigenvalue weighted by Gasteiger charge is -2.14. The summed E-state index contributed by atoms with van der Waals surface area (Å²) >= 11 is 0. The first-order chi connectivity index (χ1) is 26.7. The Hall–Kier alpha value is -5.75. The molecule has 0 N–H and O–H groups in total. The first-order valence-electron chi connectivity index (χ1n) is 19.2. The minimum Gasteiger partial charge on any atom is -0.493 e. The van der Waals surface area contributed by atoms with Crippen molar-refractivity contribution in [3.63, 3.8) is 0 Å². The summed E-state index contributed by atoms with van der Waals surface area (Å²) in [6.45, 7) is 10.1. The van der Waals surface area contributed by atoms with Gasteiger partial charge in [0.2, 0.25) is 0 Å². The normalized spacial score (nSPS) is 10.6. The van der Waals surface area contributed by atoms with E-state index >= 15 is 0 Å². The Morgan fingerprint density at radius 3 is 1.07 bits per heavy atom. The van der Waals surface area contributed by atoms with Gasteiger partial charge in [0.25, 0.3) is 0 Å². The number of carbonyl (C=O) groups excluding carboxylic acids is 1. The van der Waals surface area contributed by atoms with E-state index in [-0.39, 0.29) is 0 Å². The van der Waals surface area contributed by atoms with Crippen LogP contribution in [0.3, 0.4) is 0 Å². The van der Waals surface area contributed by atoms with E-state index in [0.717, 1.165) is 80.3 Å². The van der Waals surface area contributed by atoms with Crippen LogP contribution in [0, 0.1) is 0 Å². The molecule has 0 heterocycles. The van der Waals surface area contributed by atoms with Gasteiger partial charge in [-0.05, 0) is 71.5 Å². The number of hydrogen-bond acceptors (Lipinski definition) is 6. The third-order valence-electron chi connectivity index (χ3n) is 8.85. The van der Waals surface area contributed by atoms with Crippen molar-refractivity contribution in [2.75, 3.05) is 33.5 Å². The van der Waals surface area contributed by atoms with E-state index in [0.29, 0.717) is 43.5 Å². The summed E-state index contributed by atoms with van der Waals surface area (Å²) in [5, 5.41) is 9.10. The van der Waals surface area contributed by atoms with Gasteiger partial charge in [0, 0.05) is 27.6 Å². The molecule has 7 aromatic rings. The highest BCUT2D eigenvalue weighted by Gasteiger charge is 2.13. The molecule has 0 unspecified atom stereocenters. The van der Waals surface area contributed by atoms with Crippen molar-refractivity contribution in [2.24, 2.45) is 0 Å². The number of fused-ring (bicyclic) bond motifs is 4. The van der Waals surface area contributed by atoms with Crippen LogP contribution < -0.4 is 18.9 Å². The molecular weight excluding hydrogens is 673 g/mol. The molecule has 0 saturated carbocycles. The second-order valence-electron chi connectivity index (χ2n) is 12.3. The van der Waals surface area contributed by atoms with Gasteiger partial charge in [0.15, 0.2) is 0 Å². The molecule has 0 aliphatic carbocycles. The van der Waals surface area contributed by atoms with Gasteiger partial charge in [-0.15, -0.1) is 0 Å². The second kappa shape index (κ2) is 20.5. The average Bonchev–Trinajstić information content (AvgIpc) is 3.23. The Morgan fingerprint density at radius 2 is 0.741 bits per heavy atom. The second-order valence-corrected chi connectivity index (χ2v) is 12.3. The fourth-order valence-corrected chi connectivity index (χ4v) is 6.37. The number of esters is 1. The third-order valence-corrected chi connectivity index (χ3v) is 8.85. The van der Waals surface area contributed by atoms with Crippen molar-refractivity contribution in [3.8, 4) is 23.0 Å². The summed E-state index contributed by atoms with van der Waals surface area (Å²) in [6, 6.07) is 42.9. The lowest BCUT2D eigenvalue weighted by Crippen LogP contribution is -2.07. The Labute approximate surface area is 319 Å². The van der Waals surface area contributed by atoms with Crippen LogP contribution in [0.1, 0.15) is 63.7 Å². The molecule has 7 aromatic carbocycles. The van der Waals surface area contributed by atoms with Gasteiger partial charge in [-0.25, -0.2) is 4.79 Å². The van der Waals surface area contributed by atoms with Crippen molar-refractivity contribution >= 4 is 49.1 Å². The quantitative estimate of drug-likeness (QED) is 0.0596. The standard InChI is InChI=1S/C44H40O6.2C2H6/c1-46-44(45)35-28-36(47-22-10-12-24-49-42-38-18-6-2-14-31(38)26-32-15-3-7-19-39(32)42)30-37(29-35)48-23-11-13-25-50-43-40-20-8-4-16-33(40)27-34-17-5-9-21-41(34)43;2*1-2/h2-9,14-21,26-30H,10-13,22-25H2,1H3;2*1-2H3. The van der Waals surface area contributed by atoms with Gasteiger partial charge in [0.05, 0.1) is 39.1 Å². The van der Waals surface area contributed by atoms with Gasteiger partial charge in [0.1, 0.15) is 23.0 Å². The predicted octanol–water partition coefficient (Wildman–Crippen LogP) is 12.6. The average molecular weight is 725 g/mol. The van der Waals surface area contributed by atoms with E-state index in [4.69, 9.17) is 23.7 Å². The van der Waals surface area contributed by atoms with E-state index in [9.17, 15) is 4.79 Å². The molecule has 54 heavy (non-hydrogen) atoms. The summed E-state index contributed by atoms with van der Waals surface area (Å²) in [5.74, 6) is 2.53. The monoisotopic (exact) mass is 724 g/mol. The molecule has 280 valence electrons. The van der Waals surface area contributed by atoms with Gasteiger partial charge in [-0.1, -0.05) is 125 Å². The van der Waals surface area contributed by atoms with Crippen LogP contribution in [0.25, 0.3) is 43.1 Å². The summed E-state index contributed by atoms with van der Waals surface area (Å²) in [5.41, 5.74) is 0.386. The zero-order valence-electron chi connectivity index (χ0n) is 32.2. The lowest BCUT2D eigenvalue weighted by atomic mass is 10.0. The summed E-state index contributed by atoms with van der Waals surface area (Å²) in [4.78, 5) is 12.4.